The number of hydrogen-bond donors (Lipinski definition) is 7. The molecule has 1 saturated carbocycles. The monoisotopic (exact) mass is 1100 g/mol. The number of hydrogen-bond acceptors (Lipinski definition) is 10. The van der Waals surface area contributed by atoms with Crippen molar-refractivity contribution in [1.82, 2.24) is 47.0 Å². The Bertz CT molecular complexity index is 2540. The number of ketones is 1. The summed E-state index contributed by atoms with van der Waals surface area (Å²) in [5.41, 5.74) is 5.07. The van der Waals surface area contributed by atoms with Gasteiger partial charge in [-0.05, 0) is 169 Å². The highest BCUT2D eigenvalue weighted by atomic mass is 16.2. The van der Waals surface area contributed by atoms with Crippen LogP contribution in [0.5, 0.6) is 0 Å². The molecule has 7 amide bonds. The van der Waals surface area contributed by atoms with Crippen LogP contribution in [0.3, 0.4) is 0 Å². The number of likely N-dealkylation sites (N-methyl/N-ethyl adjacent to an activating group) is 1. The number of carbonyl (C=O) groups excluding carboxylic acids is 8. The van der Waals surface area contributed by atoms with Crippen molar-refractivity contribution in [2.24, 2.45) is 23.7 Å². The van der Waals surface area contributed by atoms with Gasteiger partial charge in [0.15, 0.2) is 0 Å². The van der Waals surface area contributed by atoms with Gasteiger partial charge in [-0.3, -0.25) is 38.4 Å². The number of rotatable bonds is 19. The second-order valence-electron chi connectivity index (χ2n) is 23.8. The van der Waals surface area contributed by atoms with E-state index in [4.69, 9.17) is 0 Å². The van der Waals surface area contributed by atoms with Crippen molar-refractivity contribution >= 4 is 47.1 Å². The minimum absolute atomic E-state index is 0.0469. The first-order valence-electron chi connectivity index (χ1n) is 30.0. The summed E-state index contributed by atoms with van der Waals surface area (Å²) in [7, 11) is 1.72. The highest BCUT2D eigenvalue weighted by molar-refractivity contribution is 5.99. The van der Waals surface area contributed by atoms with Gasteiger partial charge in [-0.15, -0.1) is 0 Å². The van der Waals surface area contributed by atoms with Gasteiger partial charge in [0.05, 0.1) is 18.1 Å². The molecule has 10 atom stereocenters. The van der Waals surface area contributed by atoms with E-state index in [1.54, 1.807) is 48.0 Å². The molecule has 0 radical (unpaired) electrons. The van der Waals surface area contributed by atoms with Crippen LogP contribution in [0.15, 0.2) is 72.8 Å². The van der Waals surface area contributed by atoms with Gasteiger partial charge < -0.3 is 47.0 Å². The van der Waals surface area contributed by atoms with E-state index in [0.717, 1.165) is 108 Å². The Morgan fingerprint density at radius 2 is 1.09 bits per heavy atom. The number of aryl methyl sites for hydroxylation is 2. The second-order valence-corrected chi connectivity index (χ2v) is 23.8. The predicted molar refractivity (Wildman–Crippen MR) is 305 cm³/mol. The molecule has 0 aromatic heterocycles. The number of piperidine rings is 1. The van der Waals surface area contributed by atoms with Crippen molar-refractivity contribution in [1.29, 1.82) is 0 Å². The molecule has 0 unspecified atom stereocenters. The molecule has 3 aromatic rings. The van der Waals surface area contributed by atoms with E-state index in [9.17, 15) is 38.4 Å². The zero-order chi connectivity index (χ0) is 56.5. The van der Waals surface area contributed by atoms with Crippen LogP contribution >= 0.6 is 0 Å². The Balaban J connectivity index is 0.896. The summed E-state index contributed by atoms with van der Waals surface area (Å²) in [4.78, 5) is 117. The van der Waals surface area contributed by atoms with E-state index in [2.05, 4.69) is 49.4 Å². The minimum atomic E-state index is -0.893. The van der Waals surface area contributed by atoms with Gasteiger partial charge in [0, 0.05) is 54.6 Å². The van der Waals surface area contributed by atoms with Gasteiger partial charge in [-0.2, -0.15) is 0 Å². The number of amides is 7. The van der Waals surface area contributed by atoms with Gasteiger partial charge >= 0.3 is 0 Å². The maximum atomic E-state index is 15.0. The number of nitrogens with zero attached hydrogens (tertiary/aromatic N) is 2. The van der Waals surface area contributed by atoms with Crippen LogP contribution < -0.4 is 37.2 Å². The summed E-state index contributed by atoms with van der Waals surface area (Å²) in [5, 5.41) is 22.2. The first kappa shape index (κ1) is 58.2. The van der Waals surface area contributed by atoms with Crippen LogP contribution in [0.25, 0.3) is 0 Å². The lowest BCUT2D eigenvalue weighted by Crippen LogP contribution is -2.57. The third-order valence-electron chi connectivity index (χ3n) is 18.6. The standard InChI is InChI=1S/C63H85N9O8/c1-5-38(2)57(74)70-56(43-17-7-6-8-18-43)63(80)72-37-47(34-54(72)61(78)69-52-24-14-20-41-16-10-12-22-49(41)52)67-59(76)45-27-25-44(26-28-45)58(75)66-46-33-53(60(77)68-51-23-13-19-40-15-9-11-21-48(40)51)71(36-46)62(79)50(35-55(73)39(3)64-4)42-29-31-65-32-30-42/h9-12,15-16,21-22,25-28,38-39,42-43,46-47,50-54,56,64-65H,5-8,13-14,17-20,23-24,29-37H2,1-4H3,(H,66,75)(H,67,76)(H,68,77)(H,69,78)(H,70,74)/t38-,39+,46+,47+,50+,51-,52-,53+,54+,56+/m1/s1. The molecule has 3 saturated heterocycles. The lowest BCUT2D eigenvalue weighted by Gasteiger charge is -2.35. The zero-order valence-corrected chi connectivity index (χ0v) is 47.4. The average Bonchev–Trinajstić information content (AvgIpc) is 4.12. The maximum Gasteiger partial charge on any atom is 0.251 e. The Labute approximate surface area is 472 Å². The molecule has 9 rings (SSSR count). The average molecular weight is 1100 g/mol. The third kappa shape index (κ3) is 13.6. The van der Waals surface area contributed by atoms with Gasteiger partial charge in [0.25, 0.3) is 11.8 Å². The summed E-state index contributed by atoms with van der Waals surface area (Å²) >= 11 is 0. The molecule has 3 aromatic carbocycles. The fourth-order valence-corrected chi connectivity index (χ4v) is 13.5. The fourth-order valence-electron chi connectivity index (χ4n) is 13.5. The molecule has 7 N–H and O–H groups in total. The van der Waals surface area contributed by atoms with Crippen LogP contribution in [0.4, 0.5) is 0 Å². The molecule has 6 aliphatic rings. The molecule has 3 aliphatic carbocycles. The smallest absolute Gasteiger partial charge is 0.251 e. The Morgan fingerprint density at radius 3 is 1.59 bits per heavy atom. The molecule has 3 heterocycles. The quantitative estimate of drug-likeness (QED) is 0.0768. The largest absolute Gasteiger partial charge is 0.347 e. The molecule has 0 bridgehead atoms. The summed E-state index contributed by atoms with van der Waals surface area (Å²) in [6, 6.07) is 17.8. The van der Waals surface area contributed by atoms with Crippen molar-refractivity contribution < 1.29 is 38.4 Å². The molecule has 80 heavy (non-hydrogen) atoms. The lowest BCUT2D eigenvalue weighted by molar-refractivity contribution is -0.145. The summed E-state index contributed by atoms with van der Waals surface area (Å²) in [6.45, 7) is 7.19. The highest BCUT2D eigenvalue weighted by Gasteiger charge is 2.47. The van der Waals surface area contributed by atoms with Crippen LogP contribution in [0, 0.1) is 23.7 Å². The van der Waals surface area contributed by atoms with Crippen LogP contribution in [-0.2, 0) is 41.6 Å². The Kier molecular flexibility index (Phi) is 19.6. The number of benzene rings is 3. The van der Waals surface area contributed by atoms with E-state index in [1.807, 2.05) is 50.2 Å². The van der Waals surface area contributed by atoms with E-state index in [0.29, 0.717) is 6.42 Å². The van der Waals surface area contributed by atoms with E-state index < -0.39 is 54.0 Å². The van der Waals surface area contributed by atoms with Crippen molar-refractivity contribution in [2.75, 3.05) is 33.2 Å². The Morgan fingerprint density at radius 1 is 0.588 bits per heavy atom. The molecule has 3 aliphatic heterocycles. The van der Waals surface area contributed by atoms with Gasteiger partial charge in [-0.25, -0.2) is 0 Å². The summed E-state index contributed by atoms with van der Waals surface area (Å²) < 4.78 is 0. The third-order valence-corrected chi connectivity index (χ3v) is 18.6. The number of Topliss-reactive ketones (excluding diaryl/α,β-unsaturated/α-hetero) is 1. The van der Waals surface area contributed by atoms with Crippen molar-refractivity contribution in [3.8, 4) is 0 Å². The molecular formula is C63H85N9O8. The topological polar surface area (TPSA) is 227 Å². The molecule has 0 spiro atoms. The molecule has 4 fully saturated rings. The molecular weight excluding hydrogens is 1010 g/mol. The lowest BCUT2D eigenvalue weighted by atomic mass is 9.80. The highest BCUT2D eigenvalue weighted by Crippen LogP contribution is 2.36. The van der Waals surface area contributed by atoms with Gasteiger partial charge in [-0.1, -0.05) is 81.6 Å². The minimum Gasteiger partial charge on any atom is -0.347 e. The SMILES string of the molecule is CC[C@@H](C)C(=O)N[C@H](C(=O)N1C[C@@H](NC(=O)c2ccc(C(=O)N[C@H]3C[C@@H](C(=O)N[C@@H]4CCCc5ccccc54)N(C(=O)[C@@H](CC(=O)[C@H](C)NC)C4CCNCC4)C3)cc2)C[C@H]1C(=O)N[C@@H]1CCCc2ccccc21)C1CCCCC1. The van der Waals surface area contributed by atoms with E-state index in [1.165, 1.54) is 11.1 Å². The fraction of sp³-hybridized carbons (Fsp3) is 0.587. The summed E-state index contributed by atoms with van der Waals surface area (Å²) in [6.07, 6.45) is 12.2. The number of fused-ring (bicyclic) bond motifs is 2. The normalized spacial score (nSPS) is 24.7. The van der Waals surface area contributed by atoms with Crippen molar-refractivity contribution in [3.05, 3.63) is 106 Å². The van der Waals surface area contributed by atoms with Crippen LogP contribution in [0.2, 0.25) is 0 Å². The maximum absolute atomic E-state index is 15.0. The van der Waals surface area contributed by atoms with Crippen molar-refractivity contribution in [3.63, 3.8) is 0 Å². The number of likely N-dealkylation sites (tertiary alicyclic amines) is 2. The first-order valence-corrected chi connectivity index (χ1v) is 30.0. The van der Waals surface area contributed by atoms with Gasteiger partial charge in [0.2, 0.25) is 29.5 Å². The molecule has 17 nitrogen and oxygen atoms in total. The summed E-state index contributed by atoms with van der Waals surface area (Å²) in [5.74, 6) is -3.32. The van der Waals surface area contributed by atoms with Gasteiger partial charge in [0.1, 0.15) is 23.9 Å². The molecule has 17 heteroatoms. The predicted octanol–water partition coefficient (Wildman–Crippen LogP) is 5.77. The number of carbonyl (C=O) groups is 8. The zero-order valence-electron chi connectivity index (χ0n) is 47.4. The van der Waals surface area contributed by atoms with E-state index >= 15 is 0 Å². The number of nitrogens with one attached hydrogen (secondary N) is 7. The van der Waals surface area contributed by atoms with Crippen LogP contribution in [-0.4, -0.2) is 126 Å². The van der Waals surface area contributed by atoms with E-state index in [-0.39, 0.29) is 109 Å². The van der Waals surface area contributed by atoms with Crippen molar-refractivity contribution in [2.45, 2.75) is 178 Å². The first-order chi connectivity index (χ1) is 38.7. The van der Waals surface area contributed by atoms with Crippen LogP contribution in [0.1, 0.15) is 172 Å². The molecule has 430 valence electrons. The second kappa shape index (κ2) is 26.9. The Hall–Kier alpha value is -6.46.